The Hall–Kier alpha value is -2.07. The topological polar surface area (TPSA) is 154 Å². The molecule has 1 amide bonds. The first-order valence-corrected chi connectivity index (χ1v) is 7.18. The lowest BCUT2D eigenvalue weighted by atomic mass is 9.69. The molecular formula is C14H16N2O7. The van der Waals surface area contributed by atoms with E-state index in [0.29, 0.717) is 5.56 Å². The molecule has 0 bridgehead atoms. The highest BCUT2D eigenvalue weighted by Gasteiger charge is 2.53. The summed E-state index contributed by atoms with van der Waals surface area (Å²) in [4.78, 5) is 12.3. The molecule has 0 aromatic heterocycles. The molecule has 1 saturated carbocycles. The summed E-state index contributed by atoms with van der Waals surface area (Å²) in [7, 11) is 0. The van der Waals surface area contributed by atoms with Crippen LogP contribution >= 0.6 is 0 Å². The van der Waals surface area contributed by atoms with Crippen LogP contribution in [0.3, 0.4) is 0 Å². The van der Waals surface area contributed by atoms with E-state index in [2.05, 4.69) is 5.32 Å². The average Bonchev–Trinajstić information content (AvgIpc) is 2.99. The second kappa shape index (κ2) is 4.71. The molecule has 0 saturated heterocycles. The summed E-state index contributed by atoms with van der Waals surface area (Å²) < 4.78 is 10.4. The third-order valence-electron chi connectivity index (χ3n) is 4.82. The van der Waals surface area contributed by atoms with Crippen molar-refractivity contribution in [2.24, 2.45) is 5.73 Å². The molecule has 9 heteroatoms. The second-order valence-electron chi connectivity index (χ2n) is 6.00. The van der Waals surface area contributed by atoms with Crippen molar-refractivity contribution in [3.63, 3.8) is 0 Å². The van der Waals surface area contributed by atoms with Gasteiger partial charge in [-0.15, -0.1) is 0 Å². The number of carbonyl (C=O) groups is 1. The third kappa shape index (κ3) is 1.78. The normalized spacial score (nSPS) is 37.8. The van der Waals surface area contributed by atoms with Crippen LogP contribution in [-0.4, -0.2) is 63.5 Å². The van der Waals surface area contributed by atoms with Crippen LogP contribution in [0.15, 0.2) is 6.07 Å². The minimum Gasteiger partial charge on any atom is -0.504 e. The van der Waals surface area contributed by atoms with Gasteiger partial charge in [-0.05, 0) is 11.6 Å². The van der Waals surface area contributed by atoms with Crippen molar-refractivity contribution in [1.82, 2.24) is 5.32 Å². The van der Waals surface area contributed by atoms with Crippen LogP contribution in [0.4, 0.5) is 0 Å². The summed E-state index contributed by atoms with van der Waals surface area (Å²) in [5.74, 6) is -1.35. The number of nitrogens with one attached hydrogen (secondary N) is 1. The molecule has 1 fully saturated rings. The lowest BCUT2D eigenvalue weighted by Crippen LogP contribution is -2.68. The number of benzene rings is 1. The molecule has 1 aromatic carbocycles. The van der Waals surface area contributed by atoms with Crippen LogP contribution < -0.4 is 20.5 Å². The van der Waals surface area contributed by atoms with Gasteiger partial charge in [0.25, 0.3) is 5.91 Å². The van der Waals surface area contributed by atoms with E-state index in [9.17, 15) is 25.2 Å². The van der Waals surface area contributed by atoms with E-state index < -0.39 is 42.2 Å². The Morgan fingerprint density at radius 1 is 1.17 bits per heavy atom. The van der Waals surface area contributed by atoms with E-state index in [-0.39, 0.29) is 29.6 Å². The first-order chi connectivity index (χ1) is 10.9. The fourth-order valence-corrected chi connectivity index (χ4v) is 3.65. The Morgan fingerprint density at radius 3 is 2.65 bits per heavy atom. The Kier molecular flexibility index (Phi) is 2.97. The number of phenols is 1. The van der Waals surface area contributed by atoms with Crippen molar-refractivity contribution in [2.45, 2.75) is 36.3 Å². The van der Waals surface area contributed by atoms with Gasteiger partial charge in [0.05, 0.1) is 17.7 Å². The predicted octanol–water partition coefficient (Wildman–Crippen LogP) is -2.26. The number of nitrogens with two attached hydrogens (primary N) is 1. The lowest BCUT2D eigenvalue weighted by molar-refractivity contribution is -0.113. The highest BCUT2D eigenvalue weighted by atomic mass is 16.7. The number of hydrogen-bond donors (Lipinski definition) is 6. The van der Waals surface area contributed by atoms with Gasteiger partial charge in [0.2, 0.25) is 12.5 Å². The maximum absolute atomic E-state index is 12.3. The van der Waals surface area contributed by atoms with Crippen LogP contribution in [0.2, 0.25) is 0 Å². The van der Waals surface area contributed by atoms with Gasteiger partial charge in [-0.25, -0.2) is 0 Å². The summed E-state index contributed by atoms with van der Waals surface area (Å²) in [6.07, 6.45) is -4.24. The van der Waals surface area contributed by atoms with E-state index in [1.165, 1.54) is 6.07 Å². The van der Waals surface area contributed by atoms with E-state index >= 15 is 0 Å². The second-order valence-corrected chi connectivity index (χ2v) is 6.00. The van der Waals surface area contributed by atoms with Gasteiger partial charge in [-0.2, -0.15) is 0 Å². The van der Waals surface area contributed by atoms with E-state index in [0.717, 1.165) is 0 Å². The summed E-state index contributed by atoms with van der Waals surface area (Å²) in [5.41, 5.74) is 6.33. The van der Waals surface area contributed by atoms with Crippen LogP contribution in [-0.2, 0) is 0 Å². The molecule has 3 aliphatic rings. The van der Waals surface area contributed by atoms with Crippen molar-refractivity contribution in [3.8, 4) is 17.2 Å². The maximum atomic E-state index is 12.3. The van der Waals surface area contributed by atoms with Gasteiger partial charge in [-0.1, -0.05) is 0 Å². The van der Waals surface area contributed by atoms with Crippen molar-refractivity contribution >= 4 is 5.91 Å². The first-order valence-electron chi connectivity index (χ1n) is 7.18. The Balaban J connectivity index is 1.91. The van der Waals surface area contributed by atoms with Crippen molar-refractivity contribution in [3.05, 3.63) is 17.2 Å². The van der Waals surface area contributed by atoms with Gasteiger partial charge in [0.15, 0.2) is 11.5 Å². The summed E-state index contributed by atoms with van der Waals surface area (Å²) in [6, 6.07) is -0.314. The van der Waals surface area contributed by atoms with Crippen molar-refractivity contribution in [1.29, 1.82) is 0 Å². The zero-order valence-corrected chi connectivity index (χ0v) is 11.8. The number of aromatic hydroxyl groups is 1. The number of ether oxygens (including phenoxy) is 2. The van der Waals surface area contributed by atoms with Gasteiger partial charge < -0.3 is 41.0 Å². The smallest absolute Gasteiger partial charge is 0.255 e. The molecule has 2 heterocycles. The molecule has 6 atom stereocenters. The Bertz CT molecular complexity index is 694. The van der Waals surface area contributed by atoms with Crippen LogP contribution in [0.1, 0.15) is 21.8 Å². The van der Waals surface area contributed by atoms with E-state index in [4.69, 9.17) is 15.2 Å². The van der Waals surface area contributed by atoms with Crippen LogP contribution in [0.25, 0.3) is 0 Å². The number of rotatable bonds is 0. The molecule has 2 aliphatic heterocycles. The van der Waals surface area contributed by atoms with Crippen molar-refractivity contribution < 1.29 is 34.7 Å². The van der Waals surface area contributed by atoms with Gasteiger partial charge in [0.1, 0.15) is 12.2 Å². The third-order valence-corrected chi connectivity index (χ3v) is 4.82. The standard InChI is InChI=1S/C14H16N2O7/c15-7-5-3-1-4-13(23-2-22-4)9(17)6(3)14(21)16-8(5)11(19)12(20)10(7)18/h1,5,7-8,10-12,17-20H,2,15H2,(H,16,21). The summed E-state index contributed by atoms with van der Waals surface area (Å²) in [6.45, 7) is -0.0858. The minimum absolute atomic E-state index is 0.0262. The molecule has 0 spiro atoms. The van der Waals surface area contributed by atoms with Crippen molar-refractivity contribution in [2.75, 3.05) is 6.79 Å². The fraction of sp³-hybridized carbons (Fsp3) is 0.500. The maximum Gasteiger partial charge on any atom is 0.255 e. The molecule has 1 aliphatic carbocycles. The number of fused-ring (bicyclic) bond motifs is 4. The van der Waals surface area contributed by atoms with Gasteiger partial charge in [-0.3, -0.25) is 4.79 Å². The first kappa shape index (κ1) is 14.5. The molecule has 4 rings (SSSR count). The number of hydrogen-bond acceptors (Lipinski definition) is 8. The molecule has 1 aromatic rings. The van der Waals surface area contributed by atoms with E-state index in [1.54, 1.807) is 0 Å². The zero-order chi connectivity index (χ0) is 16.5. The van der Waals surface area contributed by atoms with E-state index in [1.807, 2.05) is 0 Å². The van der Waals surface area contributed by atoms with Gasteiger partial charge in [0, 0.05) is 12.0 Å². The summed E-state index contributed by atoms with van der Waals surface area (Å²) >= 11 is 0. The lowest BCUT2D eigenvalue weighted by Gasteiger charge is -2.47. The minimum atomic E-state index is -1.48. The molecule has 6 unspecified atom stereocenters. The monoisotopic (exact) mass is 324 g/mol. The predicted molar refractivity (Wildman–Crippen MR) is 74.2 cm³/mol. The molecule has 23 heavy (non-hydrogen) atoms. The number of aliphatic hydroxyl groups excluding tert-OH is 3. The highest BCUT2D eigenvalue weighted by molar-refractivity contribution is 6.01. The number of amides is 1. The van der Waals surface area contributed by atoms with Crippen LogP contribution in [0.5, 0.6) is 17.2 Å². The van der Waals surface area contributed by atoms with Crippen LogP contribution in [0, 0.1) is 0 Å². The summed E-state index contributed by atoms with van der Waals surface area (Å²) in [5, 5.41) is 42.9. The largest absolute Gasteiger partial charge is 0.504 e. The Morgan fingerprint density at radius 2 is 1.91 bits per heavy atom. The number of phenolic OH excluding ortho intramolecular Hbond substituents is 1. The fourth-order valence-electron chi connectivity index (χ4n) is 3.65. The molecule has 0 radical (unpaired) electrons. The molecule has 124 valence electrons. The quantitative estimate of drug-likeness (QED) is 0.312. The molecule has 7 N–H and O–H groups in total. The molecular weight excluding hydrogens is 308 g/mol. The number of aliphatic hydroxyl groups is 3. The zero-order valence-electron chi connectivity index (χ0n) is 11.8. The van der Waals surface area contributed by atoms with Gasteiger partial charge >= 0.3 is 0 Å². The average molecular weight is 324 g/mol. The Labute approximate surface area is 130 Å². The number of carbonyl (C=O) groups excluding carboxylic acids is 1. The SMILES string of the molecule is NC1C(O)C(O)C(O)C2NC(=O)c3c(cc4c(c3O)OCO4)C12. The highest BCUT2D eigenvalue weighted by Crippen LogP contribution is 2.49. The molecule has 9 nitrogen and oxygen atoms in total.